The molecule has 1 atom stereocenters. The van der Waals surface area contributed by atoms with Crippen LogP contribution < -0.4 is 5.32 Å². The van der Waals surface area contributed by atoms with Gasteiger partial charge in [-0.1, -0.05) is 32.3 Å². The van der Waals surface area contributed by atoms with Crippen molar-refractivity contribution in [1.82, 2.24) is 10.3 Å². The number of rotatable bonds is 7. The summed E-state index contributed by atoms with van der Waals surface area (Å²) in [5, 5.41) is 3.52. The van der Waals surface area contributed by atoms with Gasteiger partial charge in [0.1, 0.15) is 0 Å². The van der Waals surface area contributed by atoms with Crippen LogP contribution in [0.1, 0.15) is 51.1 Å². The Balaban J connectivity index is 2.16. The van der Waals surface area contributed by atoms with Gasteiger partial charge < -0.3 is 5.32 Å². The maximum Gasteiger partial charge on any atom is 0.0315 e. The van der Waals surface area contributed by atoms with Crippen LogP contribution in [-0.2, 0) is 0 Å². The number of hydrogen-bond acceptors (Lipinski definition) is 2. The van der Waals surface area contributed by atoms with Crippen molar-refractivity contribution in [2.75, 3.05) is 6.54 Å². The van der Waals surface area contributed by atoms with E-state index in [1.54, 1.807) is 0 Å². The topological polar surface area (TPSA) is 24.9 Å². The first-order valence-corrected chi connectivity index (χ1v) is 5.98. The number of pyridine rings is 1. The predicted molar refractivity (Wildman–Crippen MR) is 64.8 cm³/mol. The second kappa shape index (κ2) is 7.41. The SMILES string of the molecule is CCCCCCNC(C)c1cccnc1. The number of nitrogens with one attached hydrogen (secondary N) is 1. The van der Waals surface area contributed by atoms with Gasteiger partial charge in [0.2, 0.25) is 0 Å². The van der Waals surface area contributed by atoms with E-state index in [9.17, 15) is 0 Å². The summed E-state index contributed by atoms with van der Waals surface area (Å²) in [7, 11) is 0. The van der Waals surface area contributed by atoms with E-state index in [4.69, 9.17) is 0 Å². The molecule has 2 heteroatoms. The van der Waals surface area contributed by atoms with Crippen molar-refractivity contribution in [3.63, 3.8) is 0 Å². The van der Waals surface area contributed by atoms with Gasteiger partial charge in [0.25, 0.3) is 0 Å². The third-order valence-corrected chi connectivity index (χ3v) is 2.67. The van der Waals surface area contributed by atoms with Crippen LogP contribution in [0.5, 0.6) is 0 Å². The van der Waals surface area contributed by atoms with Crippen LogP contribution in [0.2, 0.25) is 0 Å². The largest absolute Gasteiger partial charge is 0.310 e. The van der Waals surface area contributed by atoms with E-state index in [2.05, 4.69) is 30.2 Å². The summed E-state index contributed by atoms with van der Waals surface area (Å²) < 4.78 is 0. The molecular weight excluding hydrogens is 184 g/mol. The fourth-order valence-corrected chi connectivity index (χ4v) is 1.62. The fraction of sp³-hybridized carbons (Fsp3) is 0.615. The lowest BCUT2D eigenvalue weighted by atomic mass is 10.1. The molecule has 2 nitrogen and oxygen atoms in total. The van der Waals surface area contributed by atoms with Crippen molar-refractivity contribution in [1.29, 1.82) is 0 Å². The second-order valence-electron chi connectivity index (χ2n) is 4.02. The first-order valence-electron chi connectivity index (χ1n) is 5.98. The van der Waals surface area contributed by atoms with Gasteiger partial charge >= 0.3 is 0 Å². The molecule has 1 heterocycles. The molecule has 0 aromatic carbocycles. The van der Waals surface area contributed by atoms with E-state index in [-0.39, 0.29) is 0 Å². The van der Waals surface area contributed by atoms with Crippen molar-refractivity contribution in [2.45, 2.75) is 45.6 Å². The third-order valence-electron chi connectivity index (χ3n) is 2.67. The standard InChI is InChI=1S/C13H22N2/c1-3-4-5-6-10-15-12(2)13-8-7-9-14-11-13/h7-9,11-12,15H,3-6,10H2,1-2H3. The highest BCUT2D eigenvalue weighted by atomic mass is 14.9. The monoisotopic (exact) mass is 206 g/mol. The van der Waals surface area contributed by atoms with Crippen LogP contribution in [0.25, 0.3) is 0 Å². The lowest BCUT2D eigenvalue weighted by Gasteiger charge is -2.13. The lowest BCUT2D eigenvalue weighted by molar-refractivity contribution is 0.535. The Bertz CT molecular complexity index is 246. The van der Waals surface area contributed by atoms with Crippen LogP contribution in [-0.4, -0.2) is 11.5 Å². The number of nitrogens with zero attached hydrogens (tertiary/aromatic N) is 1. The maximum atomic E-state index is 4.12. The molecule has 1 aromatic rings. The first kappa shape index (κ1) is 12.2. The minimum Gasteiger partial charge on any atom is -0.310 e. The molecule has 0 spiro atoms. The van der Waals surface area contributed by atoms with Gasteiger partial charge in [-0.25, -0.2) is 0 Å². The average molecular weight is 206 g/mol. The van der Waals surface area contributed by atoms with Crippen LogP contribution >= 0.6 is 0 Å². The van der Waals surface area contributed by atoms with Gasteiger partial charge in [-0.2, -0.15) is 0 Å². The number of aromatic nitrogens is 1. The Labute approximate surface area is 93.1 Å². The molecule has 0 aliphatic rings. The molecular formula is C13H22N2. The van der Waals surface area contributed by atoms with Crippen LogP contribution in [0, 0.1) is 0 Å². The summed E-state index contributed by atoms with van der Waals surface area (Å²) in [5.41, 5.74) is 1.27. The van der Waals surface area contributed by atoms with Crippen molar-refractivity contribution in [3.05, 3.63) is 30.1 Å². The minimum absolute atomic E-state index is 0.417. The summed E-state index contributed by atoms with van der Waals surface area (Å²) >= 11 is 0. The summed E-state index contributed by atoms with van der Waals surface area (Å²) in [4.78, 5) is 4.12. The van der Waals surface area contributed by atoms with Gasteiger partial charge in [-0.3, -0.25) is 4.98 Å². The molecule has 0 aliphatic carbocycles. The highest BCUT2D eigenvalue weighted by Gasteiger charge is 2.02. The van der Waals surface area contributed by atoms with Gasteiger partial charge in [-0.15, -0.1) is 0 Å². The van der Waals surface area contributed by atoms with Crippen molar-refractivity contribution < 1.29 is 0 Å². The lowest BCUT2D eigenvalue weighted by Crippen LogP contribution is -2.19. The van der Waals surface area contributed by atoms with E-state index < -0.39 is 0 Å². The Morgan fingerprint density at radius 1 is 1.33 bits per heavy atom. The number of unbranched alkanes of at least 4 members (excludes halogenated alkanes) is 3. The summed E-state index contributed by atoms with van der Waals surface area (Å²) in [6.07, 6.45) is 9.02. The maximum absolute atomic E-state index is 4.12. The molecule has 0 saturated carbocycles. The van der Waals surface area contributed by atoms with Gasteiger partial charge in [0.05, 0.1) is 0 Å². The average Bonchev–Trinajstić information content (AvgIpc) is 2.30. The Hall–Kier alpha value is -0.890. The van der Waals surface area contributed by atoms with Crippen molar-refractivity contribution in [2.24, 2.45) is 0 Å². The van der Waals surface area contributed by atoms with Crippen LogP contribution in [0.15, 0.2) is 24.5 Å². The third kappa shape index (κ3) is 4.93. The summed E-state index contributed by atoms with van der Waals surface area (Å²) in [6, 6.07) is 4.53. The van der Waals surface area contributed by atoms with E-state index in [0.717, 1.165) is 6.54 Å². The highest BCUT2D eigenvalue weighted by Crippen LogP contribution is 2.09. The van der Waals surface area contributed by atoms with Crippen molar-refractivity contribution in [3.8, 4) is 0 Å². The van der Waals surface area contributed by atoms with Gasteiger partial charge in [0.15, 0.2) is 0 Å². The summed E-state index contributed by atoms with van der Waals surface area (Å²) in [6.45, 7) is 5.54. The minimum atomic E-state index is 0.417. The fourth-order valence-electron chi connectivity index (χ4n) is 1.62. The molecule has 1 rings (SSSR count). The van der Waals surface area contributed by atoms with Crippen molar-refractivity contribution >= 4 is 0 Å². The molecule has 0 amide bonds. The number of hydrogen-bond donors (Lipinski definition) is 1. The molecule has 0 saturated heterocycles. The molecule has 1 aromatic heterocycles. The summed E-state index contributed by atoms with van der Waals surface area (Å²) in [5.74, 6) is 0. The van der Waals surface area contributed by atoms with Crippen LogP contribution in [0.4, 0.5) is 0 Å². The van der Waals surface area contributed by atoms with Crippen LogP contribution in [0.3, 0.4) is 0 Å². The molecule has 15 heavy (non-hydrogen) atoms. The van der Waals surface area contributed by atoms with Gasteiger partial charge in [-0.05, 0) is 31.5 Å². The van der Waals surface area contributed by atoms with E-state index in [1.807, 2.05) is 18.5 Å². The first-order chi connectivity index (χ1) is 7.34. The molecule has 84 valence electrons. The van der Waals surface area contributed by atoms with Gasteiger partial charge in [0, 0.05) is 18.4 Å². The second-order valence-corrected chi connectivity index (χ2v) is 4.02. The zero-order chi connectivity index (χ0) is 10.9. The zero-order valence-corrected chi connectivity index (χ0v) is 9.87. The predicted octanol–water partition coefficient (Wildman–Crippen LogP) is 3.31. The normalized spacial score (nSPS) is 12.7. The molecule has 0 radical (unpaired) electrons. The Kier molecular flexibility index (Phi) is 6.02. The van der Waals surface area contributed by atoms with E-state index in [1.165, 1.54) is 31.2 Å². The van der Waals surface area contributed by atoms with E-state index in [0.29, 0.717) is 6.04 Å². The quantitative estimate of drug-likeness (QED) is 0.692. The molecule has 1 unspecified atom stereocenters. The molecule has 0 bridgehead atoms. The molecule has 1 N–H and O–H groups in total. The highest BCUT2D eigenvalue weighted by molar-refractivity contribution is 5.12. The van der Waals surface area contributed by atoms with E-state index >= 15 is 0 Å². The smallest absolute Gasteiger partial charge is 0.0315 e. The molecule has 0 aliphatic heterocycles. The molecule has 0 fully saturated rings. The Morgan fingerprint density at radius 3 is 2.87 bits per heavy atom. The Morgan fingerprint density at radius 2 is 2.20 bits per heavy atom. The zero-order valence-electron chi connectivity index (χ0n) is 9.87.